The van der Waals surface area contributed by atoms with Gasteiger partial charge in [0.1, 0.15) is 0 Å². The monoisotopic (exact) mass is 237 g/mol. The Kier molecular flexibility index (Phi) is 5.46. The van der Waals surface area contributed by atoms with Crippen molar-refractivity contribution in [3.05, 3.63) is 0 Å². The molecule has 1 aliphatic rings. The van der Waals surface area contributed by atoms with E-state index < -0.39 is 11.0 Å². The molecule has 2 nitrogen and oxygen atoms in total. The summed E-state index contributed by atoms with van der Waals surface area (Å²) in [7, 11) is 0. The number of nitriles is 1. The second-order valence-electron chi connectivity index (χ2n) is 5.60. The van der Waals surface area contributed by atoms with Crippen molar-refractivity contribution in [1.82, 2.24) is 0 Å². The fourth-order valence-corrected chi connectivity index (χ4v) is 3.36. The molecule has 2 heteroatoms. The quantitative estimate of drug-likeness (QED) is 0.797. The second-order valence-corrected chi connectivity index (χ2v) is 5.60. The zero-order chi connectivity index (χ0) is 12.8. The van der Waals surface area contributed by atoms with E-state index in [2.05, 4.69) is 13.0 Å². The maximum absolute atomic E-state index is 10.9. The third-order valence-corrected chi connectivity index (χ3v) is 4.56. The van der Waals surface area contributed by atoms with E-state index in [0.717, 1.165) is 38.5 Å². The Bertz CT molecular complexity index is 261. The van der Waals surface area contributed by atoms with Gasteiger partial charge in [0.05, 0.1) is 17.1 Å². The van der Waals surface area contributed by atoms with E-state index >= 15 is 0 Å². The van der Waals surface area contributed by atoms with Gasteiger partial charge < -0.3 is 5.11 Å². The molecule has 1 atom stereocenters. The van der Waals surface area contributed by atoms with Crippen molar-refractivity contribution in [3.63, 3.8) is 0 Å². The summed E-state index contributed by atoms with van der Waals surface area (Å²) >= 11 is 0. The summed E-state index contributed by atoms with van der Waals surface area (Å²) < 4.78 is 0. The molecule has 1 aliphatic carbocycles. The third-order valence-electron chi connectivity index (χ3n) is 4.56. The Morgan fingerprint density at radius 3 is 2.06 bits per heavy atom. The van der Waals surface area contributed by atoms with Crippen molar-refractivity contribution in [2.75, 3.05) is 0 Å². The van der Waals surface area contributed by atoms with Crippen LogP contribution in [0.15, 0.2) is 0 Å². The van der Waals surface area contributed by atoms with Crippen LogP contribution in [0.1, 0.15) is 78.1 Å². The number of nitrogens with zero attached hydrogens (tertiary/aromatic N) is 1. The molecule has 0 aromatic rings. The molecule has 0 aromatic carbocycles. The van der Waals surface area contributed by atoms with Gasteiger partial charge in [-0.05, 0) is 25.7 Å². The lowest BCUT2D eigenvalue weighted by molar-refractivity contribution is -0.0773. The van der Waals surface area contributed by atoms with E-state index in [4.69, 9.17) is 0 Å². The Balaban J connectivity index is 2.93. The van der Waals surface area contributed by atoms with Crippen LogP contribution in [0.4, 0.5) is 0 Å². The molecule has 0 aliphatic heterocycles. The van der Waals surface area contributed by atoms with Crippen LogP contribution in [0.25, 0.3) is 0 Å². The molecule has 98 valence electrons. The summed E-state index contributed by atoms with van der Waals surface area (Å²) in [5, 5.41) is 20.5. The van der Waals surface area contributed by atoms with E-state index in [1.165, 1.54) is 19.3 Å². The largest absolute Gasteiger partial charge is 0.388 e. The van der Waals surface area contributed by atoms with Crippen molar-refractivity contribution < 1.29 is 5.11 Å². The second kappa shape index (κ2) is 6.40. The number of hydrogen-bond acceptors (Lipinski definition) is 2. The molecule has 17 heavy (non-hydrogen) atoms. The molecule has 1 unspecified atom stereocenters. The predicted molar refractivity (Wildman–Crippen MR) is 70.5 cm³/mol. The van der Waals surface area contributed by atoms with Crippen LogP contribution in [0.3, 0.4) is 0 Å². The summed E-state index contributed by atoms with van der Waals surface area (Å²) in [5.74, 6) is 0. The van der Waals surface area contributed by atoms with E-state index in [0.29, 0.717) is 6.42 Å². The van der Waals surface area contributed by atoms with Crippen LogP contribution < -0.4 is 0 Å². The number of aliphatic hydroxyl groups is 1. The van der Waals surface area contributed by atoms with Gasteiger partial charge >= 0.3 is 0 Å². The van der Waals surface area contributed by atoms with Crippen LogP contribution in [-0.4, -0.2) is 10.7 Å². The summed E-state index contributed by atoms with van der Waals surface area (Å²) in [6.45, 7) is 4.11. The van der Waals surface area contributed by atoms with E-state index in [1.54, 1.807) is 0 Å². The molecule has 0 saturated heterocycles. The summed E-state index contributed by atoms with van der Waals surface area (Å²) in [4.78, 5) is 0. The zero-order valence-electron chi connectivity index (χ0n) is 11.5. The van der Waals surface area contributed by atoms with Crippen molar-refractivity contribution in [2.24, 2.45) is 5.41 Å². The fourth-order valence-electron chi connectivity index (χ4n) is 3.36. The molecular formula is C15H27NO. The van der Waals surface area contributed by atoms with Gasteiger partial charge in [-0.15, -0.1) is 0 Å². The first-order chi connectivity index (χ1) is 8.14. The summed E-state index contributed by atoms with van der Waals surface area (Å²) in [6, 6.07) is 2.51. The highest BCUT2D eigenvalue weighted by molar-refractivity contribution is 5.11. The smallest absolute Gasteiger partial charge is 0.0860 e. The van der Waals surface area contributed by atoms with Crippen LogP contribution >= 0.6 is 0 Å². The zero-order valence-corrected chi connectivity index (χ0v) is 11.5. The van der Waals surface area contributed by atoms with Crippen LogP contribution in [0, 0.1) is 16.7 Å². The van der Waals surface area contributed by atoms with Gasteiger partial charge in [0, 0.05) is 0 Å². The highest BCUT2D eigenvalue weighted by Gasteiger charge is 2.48. The standard InChI is InChI=1S/C15H27NO/c1-3-10-15(17,4-2)14(13-16)11-8-6-5-7-9-12-14/h17H,3-12H2,1-2H3. The van der Waals surface area contributed by atoms with E-state index in [1.807, 2.05) is 6.92 Å². The maximum Gasteiger partial charge on any atom is 0.0860 e. The van der Waals surface area contributed by atoms with Crippen LogP contribution in [0.5, 0.6) is 0 Å². The minimum Gasteiger partial charge on any atom is -0.388 e. The van der Waals surface area contributed by atoms with Gasteiger partial charge in [0.25, 0.3) is 0 Å². The third kappa shape index (κ3) is 3.01. The molecular weight excluding hydrogens is 210 g/mol. The minimum absolute atomic E-state index is 0.488. The first-order valence-electron chi connectivity index (χ1n) is 7.28. The average Bonchev–Trinajstić information content (AvgIpc) is 2.29. The average molecular weight is 237 g/mol. The molecule has 0 spiro atoms. The lowest BCUT2D eigenvalue weighted by Gasteiger charge is -2.43. The Hall–Kier alpha value is -0.550. The first-order valence-corrected chi connectivity index (χ1v) is 7.28. The maximum atomic E-state index is 10.9. The van der Waals surface area contributed by atoms with Gasteiger partial charge in [0.2, 0.25) is 0 Å². The van der Waals surface area contributed by atoms with Crippen molar-refractivity contribution >= 4 is 0 Å². The van der Waals surface area contributed by atoms with Gasteiger partial charge in [-0.25, -0.2) is 0 Å². The van der Waals surface area contributed by atoms with Gasteiger partial charge in [-0.3, -0.25) is 0 Å². The fraction of sp³-hybridized carbons (Fsp3) is 0.933. The van der Waals surface area contributed by atoms with E-state index in [-0.39, 0.29) is 0 Å². The number of hydrogen-bond donors (Lipinski definition) is 1. The molecule has 1 rings (SSSR count). The highest BCUT2D eigenvalue weighted by atomic mass is 16.3. The van der Waals surface area contributed by atoms with Crippen LogP contribution in [0.2, 0.25) is 0 Å². The first kappa shape index (κ1) is 14.5. The number of rotatable bonds is 4. The van der Waals surface area contributed by atoms with Gasteiger partial charge in [-0.2, -0.15) is 5.26 Å². The molecule has 0 radical (unpaired) electrons. The minimum atomic E-state index is -0.770. The lowest BCUT2D eigenvalue weighted by Crippen LogP contribution is -2.47. The summed E-state index contributed by atoms with van der Waals surface area (Å²) in [6.07, 6.45) is 10.1. The Morgan fingerprint density at radius 2 is 1.65 bits per heavy atom. The van der Waals surface area contributed by atoms with Crippen molar-refractivity contribution in [3.8, 4) is 6.07 Å². The van der Waals surface area contributed by atoms with E-state index in [9.17, 15) is 10.4 Å². The normalized spacial score (nSPS) is 24.1. The molecule has 0 heterocycles. The van der Waals surface area contributed by atoms with Gasteiger partial charge in [0.15, 0.2) is 0 Å². The Morgan fingerprint density at radius 1 is 1.12 bits per heavy atom. The topological polar surface area (TPSA) is 44.0 Å². The SMILES string of the molecule is CCCC(O)(CC)C1(C#N)CCCCCCC1. The molecule has 1 N–H and O–H groups in total. The van der Waals surface area contributed by atoms with Crippen molar-refractivity contribution in [2.45, 2.75) is 83.7 Å². The van der Waals surface area contributed by atoms with Crippen LogP contribution in [-0.2, 0) is 0 Å². The summed E-state index contributed by atoms with van der Waals surface area (Å²) in [5.41, 5.74) is -1.26. The predicted octanol–water partition coefficient (Wildman–Crippen LogP) is 4.18. The van der Waals surface area contributed by atoms with Crippen molar-refractivity contribution in [1.29, 1.82) is 5.26 Å². The molecule has 0 aromatic heterocycles. The van der Waals surface area contributed by atoms with Gasteiger partial charge in [-0.1, -0.05) is 52.4 Å². The molecule has 0 amide bonds. The highest BCUT2D eigenvalue weighted by Crippen LogP contribution is 2.46. The Labute approximate surface area is 106 Å². The molecule has 1 saturated carbocycles. The molecule has 0 bridgehead atoms. The molecule has 1 fully saturated rings. The lowest BCUT2D eigenvalue weighted by atomic mass is 9.63.